The molecule has 1 aliphatic heterocycles. The highest BCUT2D eigenvalue weighted by Crippen LogP contribution is 2.23. The molecule has 4 rings (SSSR count). The van der Waals surface area contributed by atoms with Gasteiger partial charge >= 0.3 is 0 Å². The number of ether oxygens (including phenoxy) is 1. The Hall–Kier alpha value is -2.99. The third kappa shape index (κ3) is 3.29. The Morgan fingerprint density at radius 1 is 1.04 bits per heavy atom. The number of fused-ring (bicyclic) bond motifs is 1. The zero-order chi connectivity index (χ0) is 17.1. The van der Waals surface area contributed by atoms with Crippen molar-refractivity contribution in [1.82, 2.24) is 9.97 Å². The molecule has 1 amide bonds. The standard InChI is InChI=1S/C19H18N4O2/c24-19(22-16-7-3-5-14-4-1-2-6-15(14)16)17-12-18(21-13-20-17)23-8-10-25-11-9-23/h1-7,12-13H,8-11H2,(H,22,24). The molecule has 0 saturated carbocycles. The number of hydrogen-bond acceptors (Lipinski definition) is 5. The van der Waals surface area contributed by atoms with E-state index in [2.05, 4.69) is 20.2 Å². The number of aromatic nitrogens is 2. The van der Waals surface area contributed by atoms with Crippen molar-refractivity contribution in [2.24, 2.45) is 0 Å². The molecule has 6 nitrogen and oxygen atoms in total. The van der Waals surface area contributed by atoms with Crippen LogP contribution in [-0.2, 0) is 4.74 Å². The number of nitrogens with zero attached hydrogens (tertiary/aromatic N) is 3. The Morgan fingerprint density at radius 3 is 2.72 bits per heavy atom. The van der Waals surface area contributed by atoms with Crippen LogP contribution < -0.4 is 10.2 Å². The molecule has 1 saturated heterocycles. The molecule has 2 heterocycles. The van der Waals surface area contributed by atoms with Crippen LogP contribution in [-0.4, -0.2) is 42.2 Å². The number of anilines is 2. The van der Waals surface area contributed by atoms with Crippen molar-refractivity contribution >= 4 is 28.2 Å². The monoisotopic (exact) mass is 334 g/mol. The van der Waals surface area contributed by atoms with Crippen LogP contribution >= 0.6 is 0 Å². The minimum Gasteiger partial charge on any atom is -0.378 e. The summed E-state index contributed by atoms with van der Waals surface area (Å²) < 4.78 is 5.35. The molecule has 0 unspecified atom stereocenters. The van der Waals surface area contributed by atoms with Crippen molar-refractivity contribution in [1.29, 1.82) is 0 Å². The molecule has 1 aromatic heterocycles. The van der Waals surface area contributed by atoms with Gasteiger partial charge in [0.1, 0.15) is 17.8 Å². The van der Waals surface area contributed by atoms with Gasteiger partial charge in [0.05, 0.1) is 13.2 Å². The molecule has 1 fully saturated rings. The third-order valence-corrected chi connectivity index (χ3v) is 4.26. The van der Waals surface area contributed by atoms with E-state index in [0.717, 1.165) is 35.4 Å². The SMILES string of the molecule is O=C(Nc1cccc2ccccc12)c1cc(N2CCOCC2)ncn1. The van der Waals surface area contributed by atoms with Crippen LogP contribution in [0.15, 0.2) is 54.9 Å². The largest absolute Gasteiger partial charge is 0.378 e. The molecule has 6 heteroatoms. The summed E-state index contributed by atoms with van der Waals surface area (Å²) >= 11 is 0. The van der Waals surface area contributed by atoms with Gasteiger partial charge in [0.2, 0.25) is 0 Å². The maximum absolute atomic E-state index is 12.6. The van der Waals surface area contributed by atoms with Crippen molar-refractivity contribution in [3.05, 3.63) is 60.6 Å². The van der Waals surface area contributed by atoms with E-state index in [1.165, 1.54) is 6.33 Å². The number of nitrogens with one attached hydrogen (secondary N) is 1. The first-order valence-electron chi connectivity index (χ1n) is 8.25. The molecular formula is C19H18N4O2. The average Bonchev–Trinajstić information content (AvgIpc) is 2.69. The summed E-state index contributed by atoms with van der Waals surface area (Å²) in [4.78, 5) is 23.2. The van der Waals surface area contributed by atoms with Crippen LogP contribution in [0.5, 0.6) is 0 Å². The highest BCUT2D eigenvalue weighted by molar-refractivity contribution is 6.08. The van der Waals surface area contributed by atoms with E-state index in [1.54, 1.807) is 6.07 Å². The fraction of sp³-hybridized carbons (Fsp3) is 0.211. The maximum Gasteiger partial charge on any atom is 0.274 e. The van der Waals surface area contributed by atoms with Crippen LogP contribution in [0, 0.1) is 0 Å². The van der Waals surface area contributed by atoms with Crippen LogP contribution in [0.1, 0.15) is 10.5 Å². The van der Waals surface area contributed by atoms with E-state index in [-0.39, 0.29) is 5.91 Å². The number of hydrogen-bond donors (Lipinski definition) is 1. The second-order valence-corrected chi connectivity index (χ2v) is 5.84. The molecule has 3 aromatic rings. The summed E-state index contributed by atoms with van der Waals surface area (Å²) in [5.41, 5.74) is 1.12. The predicted octanol–water partition coefficient (Wildman–Crippen LogP) is 2.72. The first kappa shape index (κ1) is 15.5. The molecular weight excluding hydrogens is 316 g/mol. The first-order chi connectivity index (χ1) is 12.3. The molecule has 0 aliphatic carbocycles. The van der Waals surface area contributed by atoms with Crippen molar-refractivity contribution < 1.29 is 9.53 Å². The van der Waals surface area contributed by atoms with Gasteiger partial charge in [0.15, 0.2) is 0 Å². The topological polar surface area (TPSA) is 67.4 Å². The normalized spacial score (nSPS) is 14.5. The predicted molar refractivity (Wildman–Crippen MR) is 97.0 cm³/mol. The Balaban J connectivity index is 1.58. The summed E-state index contributed by atoms with van der Waals surface area (Å²) in [6.45, 7) is 2.87. The number of amides is 1. The molecule has 0 bridgehead atoms. The van der Waals surface area contributed by atoms with Gasteiger partial charge in [-0.05, 0) is 11.5 Å². The second-order valence-electron chi connectivity index (χ2n) is 5.84. The fourth-order valence-electron chi connectivity index (χ4n) is 2.96. The van der Waals surface area contributed by atoms with Crippen LogP contribution in [0.3, 0.4) is 0 Å². The molecule has 25 heavy (non-hydrogen) atoms. The summed E-state index contributed by atoms with van der Waals surface area (Å²) in [6, 6.07) is 15.5. The lowest BCUT2D eigenvalue weighted by Crippen LogP contribution is -2.37. The van der Waals surface area contributed by atoms with E-state index in [4.69, 9.17) is 4.74 Å². The van der Waals surface area contributed by atoms with E-state index < -0.39 is 0 Å². The van der Waals surface area contributed by atoms with E-state index in [0.29, 0.717) is 18.9 Å². The van der Waals surface area contributed by atoms with Gasteiger partial charge in [-0.2, -0.15) is 0 Å². The second kappa shape index (κ2) is 6.86. The van der Waals surface area contributed by atoms with Gasteiger partial charge in [0.25, 0.3) is 5.91 Å². The summed E-state index contributed by atoms with van der Waals surface area (Å²) in [6.07, 6.45) is 1.43. The van der Waals surface area contributed by atoms with E-state index in [1.807, 2.05) is 42.5 Å². The lowest BCUT2D eigenvalue weighted by atomic mass is 10.1. The van der Waals surface area contributed by atoms with E-state index in [9.17, 15) is 4.79 Å². The van der Waals surface area contributed by atoms with Crippen LogP contribution in [0.4, 0.5) is 11.5 Å². The van der Waals surface area contributed by atoms with Gasteiger partial charge in [-0.25, -0.2) is 9.97 Å². The van der Waals surface area contributed by atoms with Crippen LogP contribution in [0.2, 0.25) is 0 Å². The number of carbonyl (C=O) groups is 1. The Kier molecular flexibility index (Phi) is 4.26. The smallest absolute Gasteiger partial charge is 0.274 e. The lowest BCUT2D eigenvalue weighted by Gasteiger charge is -2.27. The fourth-order valence-corrected chi connectivity index (χ4v) is 2.96. The number of morpholine rings is 1. The molecule has 0 atom stereocenters. The Labute approximate surface area is 145 Å². The van der Waals surface area contributed by atoms with Gasteiger partial charge in [0, 0.05) is 30.2 Å². The Morgan fingerprint density at radius 2 is 1.84 bits per heavy atom. The molecule has 2 aromatic carbocycles. The summed E-state index contributed by atoms with van der Waals surface area (Å²) in [5, 5.41) is 5.04. The molecule has 1 aliphatic rings. The average molecular weight is 334 g/mol. The van der Waals surface area contributed by atoms with Crippen LogP contribution in [0.25, 0.3) is 10.8 Å². The third-order valence-electron chi connectivity index (χ3n) is 4.26. The highest BCUT2D eigenvalue weighted by Gasteiger charge is 2.16. The zero-order valence-electron chi connectivity index (χ0n) is 13.7. The summed E-state index contributed by atoms with van der Waals surface area (Å²) in [5.74, 6) is 0.509. The molecule has 0 radical (unpaired) electrons. The molecule has 126 valence electrons. The minimum absolute atomic E-state index is 0.242. The first-order valence-corrected chi connectivity index (χ1v) is 8.25. The number of benzene rings is 2. The highest BCUT2D eigenvalue weighted by atomic mass is 16.5. The minimum atomic E-state index is -0.242. The van der Waals surface area contributed by atoms with Crippen molar-refractivity contribution in [2.75, 3.05) is 36.5 Å². The number of carbonyl (C=O) groups excluding carboxylic acids is 1. The molecule has 0 spiro atoms. The quantitative estimate of drug-likeness (QED) is 0.798. The van der Waals surface area contributed by atoms with Gasteiger partial charge in [-0.1, -0.05) is 36.4 Å². The molecule has 1 N–H and O–H groups in total. The van der Waals surface area contributed by atoms with Gasteiger partial charge in [-0.15, -0.1) is 0 Å². The van der Waals surface area contributed by atoms with Gasteiger partial charge in [-0.3, -0.25) is 4.79 Å². The lowest BCUT2D eigenvalue weighted by molar-refractivity contribution is 0.102. The van der Waals surface area contributed by atoms with E-state index >= 15 is 0 Å². The van der Waals surface area contributed by atoms with Crippen molar-refractivity contribution in [3.63, 3.8) is 0 Å². The number of rotatable bonds is 3. The zero-order valence-corrected chi connectivity index (χ0v) is 13.7. The maximum atomic E-state index is 12.6. The Bertz CT molecular complexity index is 901. The summed E-state index contributed by atoms with van der Waals surface area (Å²) in [7, 11) is 0. The van der Waals surface area contributed by atoms with Crippen molar-refractivity contribution in [3.8, 4) is 0 Å². The van der Waals surface area contributed by atoms with Crippen molar-refractivity contribution in [2.45, 2.75) is 0 Å². The van der Waals surface area contributed by atoms with Gasteiger partial charge < -0.3 is 15.0 Å².